The molecular formula is C36H36Cl2N6O6. The first kappa shape index (κ1) is 33.2. The fourth-order valence-electron chi connectivity index (χ4n) is 7.41. The zero-order valence-corrected chi connectivity index (χ0v) is 29.1. The van der Waals surface area contributed by atoms with E-state index in [-0.39, 0.29) is 11.7 Å². The Labute approximate surface area is 299 Å². The molecule has 4 fully saturated rings. The number of likely N-dealkylation sites (tertiary alicyclic amines) is 2. The van der Waals surface area contributed by atoms with Gasteiger partial charge in [-0.2, -0.15) is 0 Å². The molecular weight excluding hydrogens is 683 g/mol. The molecule has 4 saturated heterocycles. The average Bonchev–Trinajstić information content (AvgIpc) is 3.68. The van der Waals surface area contributed by atoms with E-state index in [1.807, 2.05) is 60.7 Å². The number of ether oxygens (including phenoxy) is 4. The predicted molar refractivity (Wildman–Crippen MR) is 187 cm³/mol. The van der Waals surface area contributed by atoms with Crippen molar-refractivity contribution in [2.45, 2.75) is 30.7 Å². The minimum atomic E-state index is -0.910. The number of halogens is 2. The van der Waals surface area contributed by atoms with Crippen LogP contribution < -0.4 is 20.1 Å². The number of aliphatic hydroxyl groups is 1. The number of methoxy groups -OCH3 is 2. The van der Waals surface area contributed by atoms with Crippen molar-refractivity contribution in [1.29, 1.82) is 0 Å². The first-order chi connectivity index (χ1) is 24.2. The Hall–Kier alpha value is -4.01. The molecule has 0 bridgehead atoms. The molecule has 6 heterocycles. The summed E-state index contributed by atoms with van der Waals surface area (Å²) in [6.45, 7) is 5.11. The van der Waals surface area contributed by atoms with Crippen molar-refractivity contribution in [2.24, 2.45) is 0 Å². The SMILES string of the molecule is COc1nc(-c2cccc(-c3cccc(-c4ccc(CN5CC6(CNC(O)O6)C5)c(OC)n4)c3Cl)c2Cl)ccc1CN1CC2(CNC(=O)O2)C1. The van der Waals surface area contributed by atoms with Gasteiger partial charge in [0.1, 0.15) is 5.60 Å². The van der Waals surface area contributed by atoms with Gasteiger partial charge in [-0.15, -0.1) is 0 Å². The van der Waals surface area contributed by atoms with E-state index in [2.05, 4.69) is 20.4 Å². The fourth-order valence-corrected chi connectivity index (χ4v) is 8.06. The number of carbonyl (C=O) groups excluding carboxylic acids is 1. The molecule has 4 aliphatic heterocycles. The second kappa shape index (κ2) is 13.0. The molecule has 1 amide bonds. The summed E-state index contributed by atoms with van der Waals surface area (Å²) in [6, 6.07) is 19.5. The van der Waals surface area contributed by atoms with Gasteiger partial charge in [0.15, 0.2) is 5.60 Å². The normalized spacial score (nSPS) is 20.7. The maximum Gasteiger partial charge on any atom is 0.407 e. The first-order valence-corrected chi connectivity index (χ1v) is 17.1. The van der Waals surface area contributed by atoms with Crippen LogP contribution in [0, 0.1) is 0 Å². The number of amides is 1. The van der Waals surface area contributed by atoms with Crippen LogP contribution in [0.15, 0.2) is 60.7 Å². The van der Waals surface area contributed by atoms with E-state index in [4.69, 9.17) is 52.1 Å². The van der Waals surface area contributed by atoms with Crippen LogP contribution in [0.3, 0.4) is 0 Å². The monoisotopic (exact) mass is 718 g/mol. The summed E-state index contributed by atoms with van der Waals surface area (Å²) < 4.78 is 22.5. The van der Waals surface area contributed by atoms with Crippen molar-refractivity contribution in [1.82, 2.24) is 30.4 Å². The van der Waals surface area contributed by atoms with Gasteiger partial charge in [-0.05, 0) is 12.1 Å². The molecule has 0 saturated carbocycles. The first-order valence-electron chi connectivity index (χ1n) is 16.3. The summed E-state index contributed by atoms with van der Waals surface area (Å²) in [5.74, 6) is 1.03. The molecule has 2 spiro atoms. The van der Waals surface area contributed by atoms with Gasteiger partial charge in [-0.3, -0.25) is 15.1 Å². The van der Waals surface area contributed by atoms with E-state index in [0.717, 1.165) is 33.4 Å². The van der Waals surface area contributed by atoms with Crippen LogP contribution in [0.4, 0.5) is 4.79 Å². The highest BCUT2D eigenvalue weighted by Crippen LogP contribution is 2.43. The van der Waals surface area contributed by atoms with Crippen LogP contribution >= 0.6 is 23.2 Å². The molecule has 3 N–H and O–H groups in total. The number of nitrogens with one attached hydrogen (secondary N) is 2. The zero-order valence-electron chi connectivity index (χ0n) is 27.5. The lowest BCUT2D eigenvalue weighted by molar-refractivity contribution is -0.191. The molecule has 260 valence electrons. The Kier molecular flexibility index (Phi) is 8.59. The van der Waals surface area contributed by atoms with Gasteiger partial charge in [0.2, 0.25) is 18.2 Å². The minimum absolute atomic E-state index is 0.344. The molecule has 8 rings (SSSR count). The number of nitrogens with zero attached hydrogens (tertiary/aromatic N) is 4. The molecule has 1 unspecified atom stereocenters. The van der Waals surface area contributed by atoms with Gasteiger partial charge in [0.25, 0.3) is 0 Å². The van der Waals surface area contributed by atoms with Gasteiger partial charge in [-0.25, -0.2) is 14.8 Å². The molecule has 1 atom stereocenters. The molecule has 4 aliphatic rings. The number of aromatic nitrogens is 2. The van der Waals surface area contributed by atoms with Crippen molar-refractivity contribution in [3.8, 4) is 45.4 Å². The van der Waals surface area contributed by atoms with E-state index < -0.39 is 12.0 Å². The van der Waals surface area contributed by atoms with Crippen LogP contribution in [0.5, 0.6) is 11.8 Å². The third-order valence-corrected chi connectivity index (χ3v) is 10.6. The van der Waals surface area contributed by atoms with E-state index in [0.29, 0.717) is 85.6 Å². The number of alkyl carbamates (subject to hydrolysis) is 1. The molecule has 0 aliphatic carbocycles. The topological polar surface area (TPSA) is 131 Å². The fraction of sp³-hybridized carbons (Fsp3) is 0.361. The maximum absolute atomic E-state index is 11.5. The lowest BCUT2D eigenvalue weighted by atomic mass is 9.94. The number of pyridine rings is 2. The van der Waals surface area contributed by atoms with E-state index in [1.165, 1.54) is 0 Å². The van der Waals surface area contributed by atoms with Gasteiger partial charge in [-0.1, -0.05) is 71.7 Å². The third kappa shape index (κ3) is 6.04. The number of benzene rings is 2. The summed E-state index contributed by atoms with van der Waals surface area (Å²) in [4.78, 5) is 25.6. The van der Waals surface area contributed by atoms with Crippen molar-refractivity contribution in [3.05, 3.63) is 81.8 Å². The molecule has 2 aromatic carbocycles. The quantitative estimate of drug-likeness (QED) is 0.226. The van der Waals surface area contributed by atoms with Crippen molar-refractivity contribution in [2.75, 3.05) is 53.5 Å². The maximum atomic E-state index is 11.5. The summed E-state index contributed by atoms with van der Waals surface area (Å²) in [5, 5.41) is 16.4. The Morgan fingerprint density at radius 1 is 0.780 bits per heavy atom. The number of hydrogen-bond acceptors (Lipinski definition) is 11. The molecule has 50 heavy (non-hydrogen) atoms. The number of carbonyl (C=O) groups is 1. The largest absolute Gasteiger partial charge is 0.481 e. The highest BCUT2D eigenvalue weighted by atomic mass is 35.5. The van der Waals surface area contributed by atoms with Crippen LogP contribution in [-0.4, -0.2) is 102 Å². The van der Waals surface area contributed by atoms with Crippen molar-refractivity contribution >= 4 is 29.3 Å². The van der Waals surface area contributed by atoms with Crippen LogP contribution in [0.1, 0.15) is 11.1 Å². The summed E-state index contributed by atoms with van der Waals surface area (Å²) in [6.07, 6.45) is -1.27. The molecule has 2 aromatic heterocycles. The van der Waals surface area contributed by atoms with Crippen LogP contribution in [-0.2, 0) is 22.6 Å². The molecule has 12 nitrogen and oxygen atoms in total. The predicted octanol–water partition coefficient (Wildman–Crippen LogP) is 4.55. The van der Waals surface area contributed by atoms with Gasteiger partial charge < -0.3 is 29.4 Å². The highest BCUT2D eigenvalue weighted by molar-refractivity contribution is 6.39. The average molecular weight is 720 g/mol. The summed E-state index contributed by atoms with van der Waals surface area (Å²) in [5.41, 5.74) is 5.44. The summed E-state index contributed by atoms with van der Waals surface area (Å²) in [7, 11) is 3.21. The third-order valence-electron chi connectivity index (χ3n) is 9.76. The molecule has 0 radical (unpaired) electrons. The smallest absolute Gasteiger partial charge is 0.407 e. The number of aliphatic hydroxyl groups excluding tert-OH is 1. The number of hydrogen-bond donors (Lipinski definition) is 3. The number of rotatable bonds is 9. The summed E-state index contributed by atoms with van der Waals surface area (Å²) >= 11 is 14.2. The highest BCUT2D eigenvalue weighted by Gasteiger charge is 2.51. The van der Waals surface area contributed by atoms with Crippen molar-refractivity contribution < 1.29 is 28.8 Å². The Morgan fingerprint density at radius 2 is 1.28 bits per heavy atom. The van der Waals surface area contributed by atoms with Gasteiger partial charge >= 0.3 is 6.09 Å². The van der Waals surface area contributed by atoms with E-state index in [1.54, 1.807) is 14.2 Å². The van der Waals surface area contributed by atoms with E-state index >= 15 is 0 Å². The second-order valence-corrected chi connectivity index (χ2v) is 14.1. The Bertz CT molecular complexity index is 1970. The Balaban J connectivity index is 1.01. The van der Waals surface area contributed by atoms with Gasteiger partial charge in [0.05, 0.1) is 42.2 Å². The minimum Gasteiger partial charge on any atom is -0.481 e. The lowest BCUT2D eigenvalue weighted by Crippen LogP contribution is -2.63. The second-order valence-electron chi connectivity index (χ2n) is 13.3. The standard InChI is InChI=1S/C36H36Cl2N6O6/c1-47-31-21(13-43-17-35(18-43)15-39-33(45)49-35)9-11-27(41-31)25-7-3-5-23(29(25)37)24-6-4-8-26(30(24)38)28-12-10-22(32(42-28)48-2)14-44-19-36(20-44)16-40-34(46)50-36/h3-12,33,39,45H,13-20H2,1-2H3,(H,40,46). The van der Waals surface area contributed by atoms with E-state index in [9.17, 15) is 9.90 Å². The zero-order chi connectivity index (χ0) is 34.6. The Morgan fingerprint density at radius 3 is 1.72 bits per heavy atom. The van der Waals surface area contributed by atoms with Gasteiger partial charge in [0, 0.05) is 79.2 Å². The van der Waals surface area contributed by atoms with Crippen molar-refractivity contribution in [3.63, 3.8) is 0 Å². The molecule has 14 heteroatoms. The molecule has 4 aromatic rings. The van der Waals surface area contributed by atoms with Crippen LogP contribution in [0.25, 0.3) is 33.6 Å². The van der Waals surface area contributed by atoms with Crippen LogP contribution in [0.2, 0.25) is 10.0 Å². The lowest BCUT2D eigenvalue weighted by Gasteiger charge is -2.46.